The molecule has 0 bridgehead atoms. The molecule has 0 saturated heterocycles. The van der Waals surface area contributed by atoms with Gasteiger partial charge < -0.3 is 9.47 Å². The summed E-state index contributed by atoms with van der Waals surface area (Å²) < 4.78 is 13.5. The first-order chi connectivity index (χ1) is 25.3. The molecule has 250 valence electrons. The molecule has 2 aliphatic carbocycles. The third-order valence-corrected chi connectivity index (χ3v) is 14.1. The highest BCUT2D eigenvalue weighted by molar-refractivity contribution is 8.05. The van der Waals surface area contributed by atoms with Gasteiger partial charge in [-0.15, -0.1) is 0 Å². The van der Waals surface area contributed by atoms with Crippen LogP contribution in [0.2, 0.25) is 0 Å². The van der Waals surface area contributed by atoms with Crippen molar-refractivity contribution in [3.8, 4) is 67.8 Å². The van der Waals surface area contributed by atoms with Crippen LogP contribution in [0.25, 0.3) is 44.8 Å². The van der Waals surface area contributed by atoms with Crippen molar-refractivity contribution >= 4 is 23.5 Å². The lowest BCUT2D eigenvalue weighted by molar-refractivity contribution is 0.361. The molecule has 0 unspecified atom stereocenters. The number of hydrogen-bond acceptors (Lipinski definition) is 5. The predicted molar refractivity (Wildman–Crippen MR) is 212 cm³/mol. The Hall–Kier alpha value is -5.23. The molecule has 2 aliphatic heterocycles. The summed E-state index contributed by atoms with van der Waals surface area (Å²) in [6.45, 7) is 9.27. The Balaban J connectivity index is 1.01. The average Bonchev–Trinajstić information content (AvgIpc) is 3.56. The molecule has 3 nitrogen and oxygen atoms in total. The summed E-state index contributed by atoms with van der Waals surface area (Å²) in [5, 5.41) is 0. The van der Waals surface area contributed by atoms with Crippen LogP contribution in [0, 0.1) is 0 Å². The maximum atomic E-state index is 6.95. The van der Waals surface area contributed by atoms with Gasteiger partial charge in [-0.3, -0.25) is 0 Å². The molecule has 5 heteroatoms. The van der Waals surface area contributed by atoms with E-state index >= 15 is 0 Å². The van der Waals surface area contributed by atoms with Crippen molar-refractivity contribution in [3.05, 3.63) is 150 Å². The summed E-state index contributed by atoms with van der Waals surface area (Å²) in [7, 11) is 0. The number of para-hydroxylation sites is 1. The van der Waals surface area contributed by atoms with E-state index in [9.17, 15) is 0 Å². The third kappa shape index (κ3) is 4.09. The van der Waals surface area contributed by atoms with Crippen molar-refractivity contribution in [3.63, 3.8) is 0 Å². The van der Waals surface area contributed by atoms with Gasteiger partial charge in [0.15, 0.2) is 23.0 Å². The summed E-state index contributed by atoms with van der Waals surface area (Å²) >= 11 is 3.75. The zero-order chi connectivity index (χ0) is 34.9. The minimum absolute atomic E-state index is 0.0390. The van der Waals surface area contributed by atoms with Crippen molar-refractivity contribution in [2.45, 2.75) is 58.1 Å². The molecule has 0 radical (unpaired) electrons. The maximum absolute atomic E-state index is 6.95. The Bertz CT molecular complexity index is 2530. The highest BCUT2D eigenvalue weighted by Gasteiger charge is 2.41. The summed E-state index contributed by atoms with van der Waals surface area (Å²) in [6.07, 6.45) is 0. The molecular formula is C47H33NO2S2. The van der Waals surface area contributed by atoms with Gasteiger partial charge in [0.1, 0.15) is 0 Å². The van der Waals surface area contributed by atoms with Gasteiger partial charge in [-0.05, 0) is 75.8 Å². The Morgan fingerprint density at radius 3 is 1.79 bits per heavy atom. The third-order valence-electron chi connectivity index (χ3n) is 11.4. The number of nitrogens with zero attached hydrogens (tertiary/aromatic N) is 1. The summed E-state index contributed by atoms with van der Waals surface area (Å²) in [5.41, 5.74) is 14.0. The largest absolute Gasteiger partial charge is 0.449 e. The average molecular weight is 708 g/mol. The molecule has 4 aliphatic rings. The molecule has 3 heterocycles. The monoisotopic (exact) mass is 707 g/mol. The minimum Gasteiger partial charge on any atom is -0.449 e. The topological polar surface area (TPSA) is 31.4 Å². The summed E-state index contributed by atoms with van der Waals surface area (Å²) in [5.74, 6) is 2.90. The zero-order valence-electron chi connectivity index (χ0n) is 29.2. The lowest BCUT2D eigenvalue weighted by Crippen LogP contribution is -2.15. The van der Waals surface area contributed by atoms with Crippen molar-refractivity contribution in [2.75, 3.05) is 0 Å². The predicted octanol–water partition coefficient (Wildman–Crippen LogP) is 13.5. The highest BCUT2D eigenvalue weighted by Crippen LogP contribution is 2.61. The smallest absolute Gasteiger partial charge is 0.179 e. The standard InChI is InChI=1S/C47H33NO2S2/c1-46(2)30-16-7-5-12-26(30)40-32(46)22-24-37-43(40)50-42-28(14-9-20-36(42)49-37)34-18-11-19-35(48-34)29-15-10-21-38-44(29)52-45-39(51-38)25-23-33-41(45)27-13-6-8-17-31(27)47(33,3)4/h5-25H,1-4H3. The lowest BCUT2D eigenvalue weighted by atomic mass is 9.82. The molecule has 0 amide bonds. The molecule has 0 N–H and O–H groups in total. The number of fused-ring (bicyclic) bond motifs is 12. The van der Waals surface area contributed by atoms with Crippen LogP contribution in [0.15, 0.2) is 147 Å². The summed E-state index contributed by atoms with van der Waals surface area (Å²) in [4.78, 5) is 10.5. The number of pyridine rings is 1. The molecule has 7 aromatic rings. The van der Waals surface area contributed by atoms with E-state index in [1.165, 1.54) is 58.5 Å². The molecule has 1 aromatic heterocycles. The van der Waals surface area contributed by atoms with E-state index in [0.29, 0.717) is 11.5 Å². The van der Waals surface area contributed by atoms with E-state index in [1.54, 1.807) is 0 Å². The first-order valence-corrected chi connectivity index (χ1v) is 19.4. The van der Waals surface area contributed by atoms with Gasteiger partial charge in [0.05, 0.1) is 11.4 Å². The normalized spacial score (nSPS) is 15.8. The van der Waals surface area contributed by atoms with Crippen LogP contribution in [-0.4, -0.2) is 4.98 Å². The van der Waals surface area contributed by atoms with Crippen LogP contribution in [0.1, 0.15) is 49.9 Å². The zero-order valence-corrected chi connectivity index (χ0v) is 30.8. The van der Waals surface area contributed by atoms with Crippen molar-refractivity contribution in [2.24, 2.45) is 0 Å². The molecule has 52 heavy (non-hydrogen) atoms. The van der Waals surface area contributed by atoms with Crippen molar-refractivity contribution in [1.82, 2.24) is 4.98 Å². The van der Waals surface area contributed by atoms with Crippen molar-refractivity contribution < 1.29 is 9.47 Å². The van der Waals surface area contributed by atoms with Gasteiger partial charge in [-0.1, -0.05) is 136 Å². The minimum atomic E-state index is -0.134. The maximum Gasteiger partial charge on any atom is 0.179 e. The molecule has 6 aromatic carbocycles. The molecule has 0 fully saturated rings. The number of benzene rings is 6. The SMILES string of the molecule is CC1(C)c2ccccc2-c2c1ccc1c2Oc2c(cccc2-c2cccc(-c3cccc4c3Sc3c(ccc5c3-c3ccccc3C5(C)C)S4)n2)O1. The van der Waals surface area contributed by atoms with E-state index in [-0.39, 0.29) is 10.8 Å². The van der Waals surface area contributed by atoms with E-state index in [2.05, 4.69) is 143 Å². The Labute approximate surface area is 312 Å². The second-order valence-corrected chi connectivity index (χ2v) is 17.2. The fourth-order valence-corrected chi connectivity index (χ4v) is 11.4. The van der Waals surface area contributed by atoms with E-state index < -0.39 is 0 Å². The number of aromatic nitrogens is 1. The van der Waals surface area contributed by atoms with Gasteiger partial charge in [-0.25, -0.2) is 4.98 Å². The Morgan fingerprint density at radius 1 is 0.423 bits per heavy atom. The van der Waals surface area contributed by atoms with E-state index in [4.69, 9.17) is 14.5 Å². The van der Waals surface area contributed by atoms with Gasteiger partial charge in [0.2, 0.25) is 0 Å². The first kappa shape index (κ1) is 30.4. The van der Waals surface area contributed by atoms with Gasteiger partial charge in [0, 0.05) is 52.7 Å². The lowest BCUT2D eigenvalue weighted by Gasteiger charge is -2.26. The van der Waals surface area contributed by atoms with Crippen LogP contribution in [-0.2, 0) is 10.8 Å². The second kappa shape index (κ2) is 10.7. The Morgan fingerprint density at radius 2 is 1.00 bits per heavy atom. The second-order valence-electron chi connectivity index (χ2n) is 15.1. The molecule has 0 spiro atoms. The van der Waals surface area contributed by atoms with Crippen LogP contribution < -0.4 is 9.47 Å². The number of ether oxygens (including phenoxy) is 2. The number of rotatable bonds is 2. The van der Waals surface area contributed by atoms with Gasteiger partial charge >= 0.3 is 0 Å². The fraction of sp³-hybridized carbons (Fsp3) is 0.128. The fourth-order valence-electron chi connectivity index (χ4n) is 8.83. The van der Waals surface area contributed by atoms with Gasteiger partial charge in [0.25, 0.3) is 0 Å². The van der Waals surface area contributed by atoms with Gasteiger partial charge in [-0.2, -0.15) is 0 Å². The number of hydrogen-bond donors (Lipinski definition) is 0. The van der Waals surface area contributed by atoms with E-state index in [0.717, 1.165) is 39.6 Å². The molecular weight excluding hydrogens is 675 g/mol. The molecule has 0 atom stereocenters. The highest BCUT2D eigenvalue weighted by atomic mass is 32.2. The van der Waals surface area contributed by atoms with E-state index in [1.807, 2.05) is 35.7 Å². The quantitative estimate of drug-likeness (QED) is 0.179. The van der Waals surface area contributed by atoms with Crippen molar-refractivity contribution in [1.29, 1.82) is 0 Å². The molecule has 0 saturated carbocycles. The first-order valence-electron chi connectivity index (χ1n) is 17.8. The van der Waals surface area contributed by atoms with Crippen LogP contribution in [0.3, 0.4) is 0 Å². The molecule has 11 rings (SSSR count). The van der Waals surface area contributed by atoms with Crippen LogP contribution >= 0.6 is 23.5 Å². The van der Waals surface area contributed by atoms with Crippen LogP contribution in [0.5, 0.6) is 23.0 Å². The summed E-state index contributed by atoms with van der Waals surface area (Å²) in [6, 6.07) is 45.5. The Kier molecular flexibility index (Phi) is 6.23. The van der Waals surface area contributed by atoms with Crippen LogP contribution in [0.4, 0.5) is 0 Å².